The highest BCUT2D eigenvalue weighted by Crippen LogP contribution is 2.36. The largest absolute Gasteiger partial charge is 0.299 e. The van der Waals surface area contributed by atoms with Gasteiger partial charge in [-0.3, -0.25) is 4.79 Å². The van der Waals surface area contributed by atoms with Crippen molar-refractivity contribution < 1.29 is 9.18 Å². The van der Waals surface area contributed by atoms with Crippen molar-refractivity contribution in [2.45, 2.75) is 18.8 Å². The number of rotatable bonds is 3. The fourth-order valence-electron chi connectivity index (χ4n) is 2.54. The van der Waals surface area contributed by atoms with Gasteiger partial charge >= 0.3 is 0 Å². The summed E-state index contributed by atoms with van der Waals surface area (Å²) in [6.07, 6.45) is 0.864. The third-order valence-electron chi connectivity index (χ3n) is 3.62. The van der Waals surface area contributed by atoms with Crippen LogP contribution in [0.15, 0.2) is 42.5 Å². The molecule has 1 aliphatic carbocycles. The van der Waals surface area contributed by atoms with E-state index in [-0.39, 0.29) is 23.9 Å². The third-order valence-corrected chi connectivity index (χ3v) is 3.85. The lowest BCUT2D eigenvalue weighted by Gasteiger charge is -2.28. The van der Waals surface area contributed by atoms with Crippen LogP contribution in [0.1, 0.15) is 22.6 Å². The van der Waals surface area contributed by atoms with E-state index < -0.39 is 0 Å². The Balaban J connectivity index is 1.79. The van der Waals surface area contributed by atoms with Gasteiger partial charge in [-0.1, -0.05) is 35.9 Å². The second-order valence-corrected chi connectivity index (χ2v) is 5.27. The summed E-state index contributed by atoms with van der Waals surface area (Å²) in [6.45, 7) is 0. The molecule has 0 aliphatic heterocycles. The Morgan fingerprint density at radius 1 is 1.26 bits per heavy atom. The van der Waals surface area contributed by atoms with Crippen molar-refractivity contribution in [1.82, 2.24) is 0 Å². The number of hydrogen-bond donors (Lipinski definition) is 0. The molecule has 3 rings (SSSR count). The summed E-state index contributed by atoms with van der Waals surface area (Å²) in [7, 11) is 0. The van der Waals surface area contributed by atoms with Crippen molar-refractivity contribution in [2.75, 3.05) is 0 Å². The number of halogens is 2. The van der Waals surface area contributed by atoms with E-state index in [1.165, 1.54) is 23.8 Å². The number of benzene rings is 2. The Morgan fingerprint density at radius 3 is 2.84 bits per heavy atom. The van der Waals surface area contributed by atoms with Crippen LogP contribution < -0.4 is 0 Å². The van der Waals surface area contributed by atoms with Crippen molar-refractivity contribution >= 4 is 17.4 Å². The van der Waals surface area contributed by atoms with Crippen LogP contribution in [-0.4, -0.2) is 5.78 Å². The van der Waals surface area contributed by atoms with Gasteiger partial charge in [0, 0.05) is 17.4 Å². The fourth-order valence-corrected chi connectivity index (χ4v) is 2.73. The molecule has 1 unspecified atom stereocenters. The Morgan fingerprint density at radius 2 is 2.05 bits per heavy atom. The molecule has 1 nitrogen and oxygen atoms in total. The average Bonchev–Trinajstić information content (AvgIpc) is 2.35. The quantitative estimate of drug-likeness (QED) is 0.829. The van der Waals surface area contributed by atoms with Crippen LogP contribution in [0.2, 0.25) is 5.02 Å². The summed E-state index contributed by atoms with van der Waals surface area (Å²) in [5.74, 6) is -0.403. The van der Waals surface area contributed by atoms with Gasteiger partial charge in [0.15, 0.2) is 0 Å². The summed E-state index contributed by atoms with van der Waals surface area (Å²) in [6, 6.07) is 12.2. The number of carbonyl (C=O) groups is 1. The van der Waals surface area contributed by atoms with Gasteiger partial charge in [-0.15, -0.1) is 0 Å². The molecule has 1 aliphatic rings. The van der Waals surface area contributed by atoms with Gasteiger partial charge in [0.25, 0.3) is 0 Å². The number of carbonyl (C=O) groups excluding carboxylic acids is 1. The molecule has 0 fully saturated rings. The standard InChI is InChI=1S/C16H12ClFO/c17-12-5-6-15(18)11(7-12)9-16(19)14-8-10-3-1-2-4-13(10)14/h1-7,14H,8-9H2. The first-order valence-corrected chi connectivity index (χ1v) is 6.57. The smallest absolute Gasteiger partial charge is 0.145 e. The summed E-state index contributed by atoms with van der Waals surface area (Å²) in [5, 5.41) is 0.457. The van der Waals surface area contributed by atoms with Crippen molar-refractivity contribution in [3.63, 3.8) is 0 Å². The molecule has 0 saturated heterocycles. The molecule has 2 aromatic carbocycles. The Kier molecular flexibility index (Phi) is 3.11. The van der Waals surface area contributed by atoms with Crippen LogP contribution in [0.4, 0.5) is 4.39 Å². The second kappa shape index (κ2) is 4.78. The molecule has 96 valence electrons. The molecule has 0 aromatic heterocycles. The molecule has 19 heavy (non-hydrogen) atoms. The molecular formula is C16H12ClFO. The fraction of sp³-hybridized carbons (Fsp3) is 0.188. The maximum absolute atomic E-state index is 13.6. The summed E-state index contributed by atoms with van der Waals surface area (Å²) in [4.78, 5) is 12.2. The van der Waals surface area contributed by atoms with Crippen LogP contribution in [-0.2, 0) is 17.6 Å². The summed E-state index contributed by atoms with van der Waals surface area (Å²) >= 11 is 5.83. The van der Waals surface area contributed by atoms with E-state index in [1.54, 1.807) is 0 Å². The lowest BCUT2D eigenvalue weighted by Crippen LogP contribution is -2.26. The highest BCUT2D eigenvalue weighted by atomic mass is 35.5. The van der Waals surface area contributed by atoms with E-state index in [2.05, 4.69) is 0 Å². The average molecular weight is 275 g/mol. The number of fused-ring (bicyclic) bond motifs is 1. The zero-order valence-electron chi connectivity index (χ0n) is 10.2. The van der Waals surface area contributed by atoms with E-state index in [9.17, 15) is 9.18 Å². The summed E-state index contributed by atoms with van der Waals surface area (Å²) in [5.41, 5.74) is 2.67. The number of Topliss-reactive ketones (excluding diaryl/α,β-unsaturated/α-hetero) is 1. The lowest BCUT2D eigenvalue weighted by molar-refractivity contribution is -0.120. The van der Waals surface area contributed by atoms with Gasteiger partial charge < -0.3 is 0 Å². The minimum Gasteiger partial charge on any atom is -0.299 e. The number of hydrogen-bond acceptors (Lipinski definition) is 1. The molecule has 0 bridgehead atoms. The van der Waals surface area contributed by atoms with Crippen LogP contribution in [0.3, 0.4) is 0 Å². The zero-order chi connectivity index (χ0) is 13.4. The molecule has 1 atom stereocenters. The molecule has 0 saturated carbocycles. The van der Waals surface area contributed by atoms with Gasteiger partial charge in [-0.05, 0) is 41.3 Å². The lowest BCUT2D eigenvalue weighted by atomic mass is 9.74. The molecule has 0 amide bonds. The second-order valence-electron chi connectivity index (χ2n) is 4.83. The van der Waals surface area contributed by atoms with Gasteiger partial charge in [0.05, 0.1) is 0 Å². The van der Waals surface area contributed by atoms with E-state index in [1.807, 2.05) is 24.3 Å². The van der Waals surface area contributed by atoms with E-state index >= 15 is 0 Å². The number of ketones is 1. The van der Waals surface area contributed by atoms with Crippen molar-refractivity contribution in [1.29, 1.82) is 0 Å². The van der Waals surface area contributed by atoms with Gasteiger partial charge in [0.2, 0.25) is 0 Å². The SMILES string of the molecule is O=C(Cc1cc(Cl)ccc1F)C1Cc2ccccc21. The molecule has 3 heteroatoms. The highest BCUT2D eigenvalue weighted by Gasteiger charge is 2.31. The van der Waals surface area contributed by atoms with Gasteiger partial charge in [0.1, 0.15) is 11.6 Å². The minimum atomic E-state index is -0.370. The highest BCUT2D eigenvalue weighted by molar-refractivity contribution is 6.30. The molecule has 0 N–H and O–H groups in total. The molecular weight excluding hydrogens is 263 g/mol. The predicted molar refractivity (Wildman–Crippen MR) is 73.0 cm³/mol. The molecule has 0 radical (unpaired) electrons. The van der Waals surface area contributed by atoms with Crippen LogP contribution in [0.5, 0.6) is 0 Å². The Hall–Kier alpha value is -1.67. The predicted octanol–water partition coefficient (Wildman–Crippen LogP) is 3.93. The first-order valence-electron chi connectivity index (χ1n) is 6.19. The van der Waals surface area contributed by atoms with Crippen LogP contribution in [0.25, 0.3) is 0 Å². The van der Waals surface area contributed by atoms with E-state index in [0.29, 0.717) is 10.6 Å². The first kappa shape index (κ1) is 12.4. The van der Waals surface area contributed by atoms with Crippen molar-refractivity contribution in [3.8, 4) is 0 Å². The maximum Gasteiger partial charge on any atom is 0.145 e. The van der Waals surface area contributed by atoms with E-state index in [0.717, 1.165) is 12.0 Å². The topological polar surface area (TPSA) is 17.1 Å². The monoisotopic (exact) mass is 274 g/mol. The van der Waals surface area contributed by atoms with Gasteiger partial charge in [-0.2, -0.15) is 0 Å². The van der Waals surface area contributed by atoms with Gasteiger partial charge in [-0.25, -0.2) is 4.39 Å². The van der Waals surface area contributed by atoms with Crippen LogP contribution in [0, 0.1) is 5.82 Å². The Bertz CT molecular complexity index is 651. The van der Waals surface area contributed by atoms with Crippen molar-refractivity contribution in [3.05, 3.63) is 70.0 Å². The normalized spacial score (nSPS) is 16.6. The molecule has 0 heterocycles. The third kappa shape index (κ3) is 2.28. The first-order chi connectivity index (χ1) is 9.15. The molecule has 2 aromatic rings. The van der Waals surface area contributed by atoms with Crippen LogP contribution >= 0.6 is 11.6 Å². The zero-order valence-corrected chi connectivity index (χ0v) is 11.0. The maximum atomic E-state index is 13.6. The summed E-state index contributed by atoms with van der Waals surface area (Å²) < 4.78 is 13.6. The van der Waals surface area contributed by atoms with E-state index in [4.69, 9.17) is 11.6 Å². The van der Waals surface area contributed by atoms with Crippen molar-refractivity contribution in [2.24, 2.45) is 0 Å². The Labute approximate surface area is 116 Å². The molecule has 0 spiro atoms. The minimum absolute atomic E-state index is 0.0554.